The number of methoxy groups -OCH3 is 3. The summed E-state index contributed by atoms with van der Waals surface area (Å²) in [6.07, 6.45) is -0.818. The van der Waals surface area contributed by atoms with E-state index in [9.17, 15) is 4.79 Å². The van der Waals surface area contributed by atoms with Crippen LogP contribution in [0.5, 0.6) is 17.2 Å². The Morgan fingerprint density at radius 3 is 2.53 bits per heavy atom. The minimum absolute atomic E-state index is 0.219. The smallest absolute Gasteiger partial charge is 0.243 e. The predicted octanol–water partition coefficient (Wildman–Crippen LogP) is 2.35. The Kier molecular flexibility index (Phi) is 5.13. The third-order valence-electron chi connectivity index (χ3n) is 4.72. The van der Waals surface area contributed by atoms with Crippen LogP contribution in [0.1, 0.15) is 18.7 Å². The second-order valence-corrected chi connectivity index (χ2v) is 6.49. The molecule has 2 aromatic carbocycles. The predicted molar refractivity (Wildman–Crippen MR) is 107 cm³/mol. The number of ether oxygens (including phenoxy) is 4. The summed E-state index contributed by atoms with van der Waals surface area (Å²) in [6, 6.07) is 11.0. The zero-order chi connectivity index (χ0) is 21.3. The first kappa shape index (κ1) is 19.5. The number of carbonyl (C=O) groups excluding carboxylic acids is 1. The van der Waals surface area contributed by atoms with Crippen molar-refractivity contribution < 1.29 is 23.7 Å². The number of para-hydroxylation sites is 1. The molecule has 10 heteroatoms. The number of nitrogens with zero attached hydrogens (tertiary/aromatic N) is 5. The summed E-state index contributed by atoms with van der Waals surface area (Å²) in [4.78, 5) is 12.3. The maximum atomic E-state index is 12.3. The Hall–Kier alpha value is -3.82. The summed E-state index contributed by atoms with van der Waals surface area (Å²) in [5.41, 5.74) is 2.18. The summed E-state index contributed by atoms with van der Waals surface area (Å²) < 4.78 is 24.0. The lowest BCUT2D eigenvalue weighted by atomic mass is 10.1. The zero-order valence-electron chi connectivity index (χ0n) is 17.0. The quantitative estimate of drug-likeness (QED) is 0.614. The summed E-state index contributed by atoms with van der Waals surface area (Å²) >= 11 is 0. The highest BCUT2D eigenvalue weighted by Gasteiger charge is 2.36. The van der Waals surface area contributed by atoms with Gasteiger partial charge in [0.15, 0.2) is 11.5 Å². The van der Waals surface area contributed by atoms with Crippen molar-refractivity contribution in [1.29, 1.82) is 0 Å². The van der Waals surface area contributed by atoms with Crippen molar-refractivity contribution >= 4 is 22.8 Å². The minimum Gasteiger partial charge on any atom is -0.493 e. The molecule has 0 N–H and O–H groups in total. The molecule has 30 heavy (non-hydrogen) atoms. The molecular formula is C20H21N5O5. The van der Waals surface area contributed by atoms with Crippen molar-refractivity contribution in [2.45, 2.75) is 19.7 Å². The molecule has 0 bridgehead atoms. The third kappa shape index (κ3) is 3.25. The van der Waals surface area contributed by atoms with Gasteiger partial charge in [-0.05, 0) is 24.3 Å². The monoisotopic (exact) mass is 411 g/mol. The van der Waals surface area contributed by atoms with Gasteiger partial charge < -0.3 is 18.9 Å². The molecule has 1 aromatic heterocycles. The van der Waals surface area contributed by atoms with Crippen LogP contribution in [0, 0.1) is 0 Å². The lowest BCUT2D eigenvalue weighted by Crippen LogP contribution is -2.25. The molecule has 1 atom stereocenters. The molecule has 1 amide bonds. The van der Waals surface area contributed by atoms with Gasteiger partial charge in [0.2, 0.25) is 23.8 Å². The Morgan fingerprint density at radius 2 is 1.83 bits per heavy atom. The van der Waals surface area contributed by atoms with Gasteiger partial charge in [-0.3, -0.25) is 4.79 Å². The number of rotatable bonds is 6. The SMILES string of the molecule is COc1ccc([C@H]2OC(Cn3nnc4ccccc43)=NN2C(C)=O)c(OC)c1OC. The van der Waals surface area contributed by atoms with Gasteiger partial charge >= 0.3 is 0 Å². The van der Waals surface area contributed by atoms with Crippen LogP contribution >= 0.6 is 0 Å². The molecule has 4 rings (SSSR count). The van der Waals surface area contributed by atoms with Crippen LogP contribution in [0.3, 0.4) is 0 Å². The van der Waals surface area contributed by atoms with Crippen molar-refractivity contribution in [1.82, 2.24) is 20.0 Å². The van der Waals surface area contributed by atoms with Crippen LogP contribution in [0.2, 0.25) is 0 Å². The summed E-state index contributed by atoms with van der Waals surface area (Å²) in [7, 11) is 4.56. The number of fused-ring (bicyclic) bond motifs is 1. The van der Waals surface area contributed by atoms with Crippen LogP contribution in [-0.4, -0.2) is 53.1 Å². The molecule has 0 saturated heterocycles. The Balaban J connectivity index is 1.68. The number of aromatic nitrogens is 3. The van der Waals surface area contributed by atoms with Crippen molar-refractivity contribution in [3.05, 3.63) is 42.0 Å². The van der Waals surface area contributed by atoms with Gasteiger partial charge in [0, 0.05) is 6.92 Å². The van der Waals surface area contributed by atoms with Gasteiger partial charge in [0.25, 0.3) is 0 Å². The lowest BCUT2D eigenvalue weighted by Gasteiger charge is -2.23. The molecule has 1 aliphatic rings. The van der Waals surface area contributed by atoms with Crippen LogP contribution in [0.15, 0.2) is 41.5 Å². The van der Waals surface area contributed by atoms with E-state index < -0.39 is 6.23 Å². The fourth-order valence-corrected chi connectivity index (χ4v) is 3.36. The standard InChI is InChI=1S/C20H21N5O5/c1-12(26)25-20(13-9-10-16(27-2)19(29-4)18(13)28-3)30-17(22-25)11-24-15-8-6-5-7-14(15)21-23-24/h5-10,20H,11H2,1-4H3/t20-/m1/s1. The molecule has 1 aliphatic heterocycles. The van der Waals surface area contributed by atoms with E-state index >= 15 is 0 Å². The number of benzene rings is 2. The molecule has 0 aliphatic carbocycles. The highest BCUT2D eigenvalue weighted by molar-refractivity contribution is 5.84. The normalized spacial score (nSPS) is 15.7. The zero-order valence-corrected chi connectivity index (χ0v) is 17.0. The van der Waals surface area contributed by atoms with Gasteiger partial charge in [-0.1, -0.05) is 17.3 Å². The van der Waals surface area contributed by atoms with Crippen LogP contribution < -0.4 is 14.2 Å². The fraction of sp³-hybridized carbons (Fsp3) is 0.300. The molecule has 10 nitrogen and oxygen atoms in total. The van der Waals surface area contributed by atoms with Gasteiger partial charge in [0.1, 0.15) is 12.1 Å². The van der Waals surface area contributed by atoms with Crippen LogP contribution in [0.25, 0.3) is 11.0 Å². The molecule has 0 unspecified atom stereocenters. The van der Waals surface area contributed by atoms with Crippen molar-refractivity contribution in [3.63, 3.8) is 0 Å². The number of hydrazone groups is 1. The summed E-state index contributed by atoms with van der Waals surface area (Å²) in [5.74, 6) is 1.34. The van der Waals surface area contributed by atoms with Crippen molar-refractivity contribution in [2.24, 2.45) is 5.10 Å². The molecule has 0 radical (unpaired) electrons. The van der Waals surface area contributed by atoms with E-state index in [4.69, 9.17) is 18.9 Å². The van der Waals surface area contributed by atoms with Crippen molar-refractivity contribution in [3.8, 4) is 17.2 Å². The van der Waals surface area contributed by atoms with Gasteiger partial charge in [-0.2, -0.15) is 5.01 Å². The molecule has 0 fully saturated rings. The fourth-order valence-electron chi connectivity index (χ4n) is 3.36. The minimum atomic E-state index is -0.818. The average molecular weight is 411 g/mol. The number of hydrogen-bond acceptors (Lipinski definition) is 8. The number of amides is 1. The highest BCUT2D eigenvalue weighted by Crippen LogP contribution is 2.44. The van der Waals surface area contributed by atoms with Gasteiger partial charge in [-0.15, -0.1) is 10.2 Å². The number of carbonyl (C=O) groups is 1. The van der Waals surface area contributed by atoms with E-state index in [0.717, 1.165) is 11.0 Å². The van der Waals surface area contributed by atoms with E-state index in [-0.39, 0.29) is 12.5 Å². The van der Waals surface area contributed by atoms with E-state index in [1.807, 2.05) is 24.3 Å². The van der Waals surface area contributed by atoms with E-state index in [1.54, 1.807) is 16.8 Å². The first-order chi connectivity index (χ1) is 14.6. The average Bonchev–Trinajstić information content (AvgIpc) is 3.37. The molecular weight excluding hydrogens is 390 g/mol. The second kappa shape index (κ2) is 7.90. The molecule has 0 saturated carbocycles. The summed E-state index contributed by atoms with van der Waals surface area (Å²) in [5, 5.41) is 13.9. The maximum absolute atomic E-state index is 12.3. The largest absolute Gasteiger partial charge is 0.493 e. The van der Waals surface area contributed by atoms with Gasteiger partial charge in [0.05, 0.1) is 32.4 Å². The van der Waals surface area contributed by atoms with Crippen LogP contribution in [-0.2, 0) is 16.1 Å². The van der Waals surface area contributed by atoms with E-state index in [0.29, 0.717) is 28.7 Å². The Morgan fingerprint density at radius 1 is 1.07 bits per heavy atom. The highest BCUT2D eigenvalue weighted by atomic mass is 16.5. The third-order valence-corrected chi connectivity index (χ3v) is 4.72. The summed E-state index contributed by atoms with van der Waals surface area (Å²) in [6.45, 7) is 1.64. The first-order valence-electron chi connectivity index (χ1n) is 9.18. The Labute approximate surface area is 172 Å². The molecule has 0 spiro atoms. The molecule has 2 heterocycles. The van der Waals surface area contributed by atoms with Crippen LogP contribution in [0.4, 0.5) is 0 Å². The molecule has 3 aromatic rings. The van der Waals surface area contributed by atoms with Gasteiger partial charge in [-0.25, -0.2) is 4.68 Å². The van der Waals surface area contributed by atoms with E-state index in [1.165, 1.54) is 33.3 Å². The number of hydrogen-bond donors (Lipinski definition) is 0. The Bertz CT molecular complexity index is 1130. The topological polar surface area (TPSA) is 100 Å². The molecule has 156 valence electrons. The lowest BCUT2D eigenvalue weighted by molar-refractivity contribution is -0.135. The van der Waals surface area contributed by atoms with E-state index in [2.05, 4.69) is 15.4 Å². The van der Waals surface area contributed by atoms with Crippen molar-refractivity contribution in [2.75, 3.05) is 21.3 Å². The second-order valence-electron chi connectivity index (χ2n) is 6.49. The first-order valence-corrected chi connectivity index (χ1v) is 9.18. The maximum Gasteiger partial charge on any atom is 0.243 e.